The molecule has 5 nitrogen and oxygen atoms in total. The van der Waals surface area contributed by atoms with Crippen molar-refractivity contribution in [3.63, 3.8) is 0 Å². The number of nitrogens with two attached hydrogens (primary N) is 1. The highest BCUT2D eigenvalue weighted by molar-refractivity contribution is 5.78. The second-order valence-corrected chi connectivity index (χ2v) is 4.52. The Bertz CT molecular complexity index is 772. The van der Waals surface area contributed by atoms with Crippen molar-refractivity contribution in [1.29, 1.82) is 0 Å². The van der Waals surface area contributed by atoms with Crippen molar-refractivity contribution in [2.75, 3.05) is 7.11 Å². The summed E-state index contributed by atoms with van der Waals surface area (Å²) in [6.07, 6.45) is 3.22. The minimum atomic E-state index is -0.463. The summed E-state index contributed by atoms with van der Waals surface area (Å²) in [6.45, 7) is 0. The first-order valence-corrected chi connectivity index (χ1v) is 6.36. The number of methoxy groups -OCH3 is 1. The van der Waals surface area contributed by atoms with E-state index >= 15 is 0 Å². The van der Waals surface area contributed by atoms with Gasteiger partial charge in [0.05, 0.1) is 13.3 Å². The van der Waals surface area contributed by atoms with Crippen molar-refractivity contribution in [2.24, 2.45) is 5.84 Å². The molecule has 2 heterocycles. The van der Waals surface area contributed by atoms with Crippen LogP contribution in [0.15, 0.2) is 47.1 Å². The zero-order valence-corrected chi connectivity index (χ0v) is 11.3. The Morgan fingerprint density at radius 1 is 1.38 bits per heavy atom. The van der Waals surface area contributed by atoms with Gasteiger partial charge in [0.25, 0.3) is 0 Å². The predicted molar refractivity (Wildman–Crippen MR) is 76.1 cm³/mol. The number of ether oxygens (including phenoxy) is 1. The third-order valence-corrected chi connectivity index (χ3v) is 3.31. The van der Waals surface area contributed by atoms with E-state index in [4.69, 9.17) is 15.0 Å². The lowest BCUT2D eigenvalue weighted by molar-refractivity contribution is 0.394. The number of nitrogens with one attached hydrogen (secondary N) is 1. The molecule has 1 aromatic carbocycles. The van der Waals surface area contributed by atoms with Crippen molar-refractivity contribution >= 4 is 11.0 Å². The van der Waals surface area contributed by atoms with Crippen molar-refractivity contribution in [3.8, 4) is 5.75 Å². The molecule has 1 unspecified atom stereocenters. The van der Waals surface area contributed by atoms with E-state index in [1.165, 1.54) is 6.07 Å². The molecule has 21 heavy (non-hydrogen) atoms. The molecule has 0 spiro atoms. The van der Waals surface area contributed by atoms with Crippen LogP contribution in [0.25, 0.3) is 11.0 Å². The number of benzene rings is 1. The molecule has 3 N–H and O–H groups in total. The van der Waals surface area contributed by atoms with Crippen LogP contribution in [0.4, 0.5) is 4.39 Å². The number of para-hydroxylation sites is 1. The summed E-state index contributed by atoms with van der Waals surface area (Å²) in [5, 5.41) is 0.679. The zero-order chi connectivity index (χ0) is 14.8. The van der Waals surface area contributed by atoms with E-state index < -0.39 is 11.9 Å². The Morgan fingerprint density at radius 2 is 2.24 bits per heavy atom. The maximum Gasteiger partial charge on any atom is 0.169 e. The molecule has 0 aliphatic carbocycles. The summed E-state index contributed by atoms with van der Waals surface area (Å²) >= 11 is 0. The van der Waals surface area contributed by atoms with Crippen LogP contribution in [0.1, 0.15) is 17.4 Å². The highest BCUT2D eigenvalue weighted by Gasteiger charge is 2.21. The fraction of sp³-hybridized carbons (Fsp3) is 0.133. The molecular formula is C15H14FN3O2. The van der Waals surface area contributed by atoms with E-state index in [-0.39, 0.29) is 5.58 Å². The highest BCUT2D eigenvalue weighted by Crippen LogP contribution is 2.32. The van der Waals surface area contributed by atoms with Crippen LogP contribution >= 0.6 is 0 Å². The van der Waals surface area contributed by atoms with Gasteiger partial charge in [-0.2, -0.15) is 0 Å². The topological polar surface area (TPSA) is 73.3 Å². The molecule has 2 aromatic heterocycles. The van der Waals surface area contributed by atoms with Gasteiger partial charge in [-0.05, 0) is 18.2 Å². The summed E-state index contributed by atoms with van der Waals surface area (Å²) in [7, 11) is 1.55. The third-order valence-electron chi connectivity index (χ3n) is 3.31. The molecule has 0 saturated carbocycles. The predicted octanol–water partition coefficient (Wildman–Crippen LogP) is 2.53. The number of halogens is 1. The van der Waals surface area contributed by atoms with Crippen molar-refractivity contribution < 1.29 is 13.5 Å². The summed E-state index contributed by atoms with van der Waals surface area (Å²) in [5.41, 5.74) is 3.63. The number of pyridine rings is 1. The van der Waals surface area contributed by atoms with Gasteiger partial charge < -0.3 is 9.15 Å². The summed E-state index contributed by atoms with van der Waals surface area (Å²) in [6, 6.07) is 7.83. The highest BCUT2D eigenvalue weighted by atomic mass is 19.1. The van der Waals surface area contributed by atoms with Crippen LogP contribution in [0.3, 0.4) is 0 Å². The standard InChI is InChI=1S/C15H14FN3O2/c1-20-13-8-18-6-5-10(13)14(19-17)12-7-9-3-2-4-11(16)15(9)21-12/h2-8,14,19H,17H2,1H3. The van der Waals surface area contributed by atoms with Gasteiger partial charge >= 0.3 is 0 Å². The molecule has 108 valence electrons. The molecule has 3 rings (SSSR count). The molecule has 0 aliphatic heterocycles. The molecule has 0 radical (unpaired) electrons. The summed E-state index contributed by atoms with van der Waals surface area (Å²) in [5.74, 6) is 6.31. The fourth-order valence-corrected chi connectivity index (χ4v) is 2.31. The second-order valence-electron chi connectivity index (χ2n) is 4.52. The molecule has 3 aromatic rings. The Balaban J connectivity index is 2.12. The summed E-state index contributed by atoms with van der Waals surface area (Å²) < 4.78 is 24.6. The van der Waals surface area contributed by atoms with Crippen molar-refractivity contribution in [2.45, 2.75) is 6.04 Å². The van der Waals surface area contributed by atoms with Crippen molar-refractivity contribution in [1.82, 2.24) is 10.4 Å². The zero-order valence-electron chi connectivity index (χ0n) is 11.3. The first kappa shape index (κ1) is 13.5. The van der Waals surface area contributed by atoms with Gasteiger partial charge in [0, 0.05) is 17.1 Å². The number of hydrazine groups is 1. The van der Waals surface area contributed by atoms with Crippen molar-refractivity contribution in [3.05, 3.63) is 59.9 Å². The number of hydrogen-bond donors (Lipinski definition) is 2. The van der Waals surface area contributed by atoms with Crippen LogP contribution in [0.2, 0.25) is 0 Å². The summed E-state index contributed by atoms with van der Waals surface area (Å²) in [4.78, 5) is 4.00. The largest absolute Gasteiger partial charge is 0.495 e. The van der Waals surface area contributed by atoms with Gasteiger partial charge in [0.15, 0.2) is 11.4 Å². The lowest BCUT2D eigenvalue weighted by Crippen LogP contribution is -2.28. The van der Waals surface area contributed by atoms with Crippen LogP contribution in [0, 0.1) is 5.82 Å². The Labute approximate surface area is 120 Å². The van der Waals surface area contributed by atoms with E-state index in [9.17, 15) is 4.39 Å². The monoisotopic (exact) mass is 287 g/mol. The normalized spacial score (nSPS) is 12.5. The number of fused-ring (bicyclic) bond motifs is 1. The Hall–Kier alpha value is -2.44. The molecular weight excluding hydrogens is 273 g/mol. The molecule has 0 aliphatic rings. The SMILES string of the molecule is COc1cnccc1C(NN)c1cc2cccc(F)c2o1. The van der Waals surface area contributed by atoms with Crippen LogP contribution in [-0.4, -0.2) is 12.1 Å². The first-order chi connectivity index (χ1) is 10.2. The second kappa shape index (κ2) is 5.51. The number of aromatic nitrogens is 1. The maximum atomic E-state index is 13.7. The molecule has 0 fully saturated rings. The van der Waals surface area contributed by atoms with Crippen LogP contribution in [-0.2, 0) is 0 Å². The van der Waals surface area contributed by atoms with E-state index in [0.717, 1.165) is 5.56 Å². The minimum Gasteiger partial charge on any atom is -0.495 e. The van der Waals surface area contributed by atoms with E-state index in [1.54, 1.807) is 43.8 Å². The fourth-order valence-electron chi connectivity index (χ4n) is 2.31. The minimum absolute atomic E-state index is 0.209. The average Bonchev–Trinajstić information content (AvgIpc) is 2.94. The molecule has 0 saturated heterocycles. The maximum absolute atomic E-state index is 13.7. The van der Waals surface area contributed by atoms with Gasteiger partial charge in [-0.1, -0.05) is 12.1 Å². The van der Waals surface area contributed by atoms with Gasteiger partial charge in [-0.15, -0.1) is 0 Å². The molecule has 0 bridgehead atoms. The lowest BCUT2D eigenvalue weighted by atomic mass is 10.1. The number of nitrogens with zero attached hydrogens (tertiary/aromatic N) is 1. The number of hydrogen-bond acceptors (Lipinski definition) is 5. The van der Waals surface area contributed by atoms with Gasteiger partial charge in [0.1, 0.15) is 17.6 Å². The quantitative estimate of drug-likeness (QED) is 0.570. The van der Waals surface area contributed by atoms with E-state index in [1.807, 2.05) is 0 Å². The lowest BCUT2D eigenvalue weighted by Gasteiger charge is -2.16. The van der Waals surface area contributed by atoms with Gasteiger partial charge in [-0.25, -0.2) is 9.82 Å². The average molecular weight is 287 g/mol. The number of rotatable bonds is 4. The third kappa shape index (κ3) is 2.35. The number of furan rings is 1. The molecule has 0 amide bonds. The molecule has 1 atom stereocenters. The van der Waals surface area contributed by atoms with Gasteiger partial charge in [-0.3, -0.25) is 10.8 Å². The van der Waals surface area contributed by atoms with Gasteiger partial charge in [0.2, 0.25) is 0 Å². The van der Waals surface area contributed by atoms with E-state index in [2.05, 4.69) is 10.4 Å². The Kier molecular flexibility index (Phi) is 3.55. The van der Waals surface area contributed by atoms with E-state index in [0.29, 0.717) is 16.9 Å². The van der Waals surface area contributed by atoms with Crippen LogP contribution in [0.5, 0.6) is 5.75 Å². The van der Waals surface area contributed by atoms with Crippen LogP contribution < -0.4 is 16.0 Å². The Morgan fingerprint density at radius 3 is 2.95 bits per heavy atom. The molecule has 6 heteroatoms. The smallest absolute Gasteiger partial charge is 0.169 e. The first-order valence-electron chi connectivity index (χ1n) is 6.36.